The number of hydrogen-bond donors (Lipinski definition) is 2. The van der Waals surface area contributed by atoms with Crippen LogP contribution in [0.4, 0.5) is 4.79 Å². The summed E-state index contributed by atoms with van der Waals surface area (Å²) in [4.78, 5) is 13.1. The minimum Gasteiger partial charge on any atom is -0.377 e. The van der Waals surface area contributed by atoms with Gasteiger partial charge in [0.2, 0.25) is 0 Å². The molecule has 1 aliphatic carbocycles. The Hall–Kier alpha value is -0.810. The van der Waals surface area contributed by atoms with Crippen LogP contribution in [-0.4, -0.2) is 56.4 Å². The lowest BCUT2D eigenvalue weighted by Gasteiger charge is -2.40. The second-order valence-corrected chi connectivity index (χ2v) is 4.64. The van der Waals surface area contributed by atoms with E-state index in [2.05, 4.69) is 10.6 Å². The molecule has 2 N–H and O–H groups in total. The largest absolute Gasteiger partial charge is 0.377 e. The number of amides is 2. The maximum atomic E-state index is 11.3. The maximum Gasteiger partial charge on any atom is 0.317 e. The summed E-state index contributed by atoms with van der Waals surface area (Å²) in [6.07, 6.45) is 3.57. The van der Waals surface area contributed by atoms with E-state index < -0.39 is 0 Å². The van der Waals surface area contributed by atoms with Crippen molar-refractivity contribution in [3.8, 4) is 0 Å². The molecule has 0 radical (unpaired) electrons. The molecule has 1 saturated heterocycles. The van der Waals surface area contributed by atoms with Crippen molar-refractivity contribution >= 4 is 6.03 Å². The van der Waals surface area contributed by atoms with E-state index in [1.807, 2.05) is 4.90 Å². The van der Waals surface area contributed by atoms with Crippen LogP contribution in [0.2, 0.25) is 0 Å². The Balaban J connectivity index is 1.59. The van der Waals surface area contributed by atoms with E-state index in [0.29, 0.717) is 0 Å². The van der Waals surface area contributed by atoms with Crippen molar-refractivity contribution in [2.75, 3.05) is 39.8 Å². The average Bonchev–Trinajstić information content (AvgIpc) is 2.62. The fraction of sp³-hybridized carbons (Fsp3) is 0.909. The van der Waals surface area contributed by atoms with E-state index >= 15 is 0 Å². The number of nitrogens with one attached hydrogen (secondary N) is 2. The summed E-state index contributed by atoms with van der Waals surface area (Å²) in [6, 6.07) is 0.0619. The molecule has 0 aromatic carbocycles. The van der Waals surface area contributed by atoms with E-state index in [-0.39, 0.29) is 11.6 Å². The van der Waals surface area contributed by atoms with Gasteiger partial charge in [-0.1, -0.05) is 0 Å². The SMILES string of the molecule is COC1(CNCCN2CCNC2=O)CCC1. The monoisotopic (exact) mass is 227 g/mol. The van der Waals surface area contributed by atoms with E-state index in [4.69, 9.17) is 4.74 Å². The molecule has 1 saturated carbocycles. The second kappa shape index (κ2) is 5.01. The number of ether oxygens (including phenoxy) is 1. The van der Waals surface area contributed by atoms with Gasteiger partial charge in [-0.25, -0.2) is 4.79 Å². The number of carbonyl (C=O) groups excluding carboxylic acids is 1. The van der Waals surface area contributed by atoms with Crippen LogP contribution in [0.1, 0.15) is 19.3 Å². The van der Waals surface area contributed by atoms with Crippen LogP contribution in [0.5, 0.6) is 0 Å². The average molecular weight is 227 g/mol. The predicted molar refractivity (Wildman–Crippen MR) is 61.4 cm³/mol. The molecule has 0 aromatic heterocycles. The third kappa shape index (κ3) is 2.47. The summed E-state index contributed by atoms with van der Waals surface area (Å²) < 4.78 is 5.51. The van der Waals surface area contributed by atoms with Gasteiger partial charge in [0, 0.05) is 39.8 Å². The normalized spacial score (nSPS) is 23.1. The first-order valence-electron chi connectivity index (χ1n) is 6.04. The van der Waals surface area contributed by atoms with Crippen molar-refractivity contribution in [2.24, 2.45) is 0 Å². The Labute approximate surface area is 96.5 Å². The molecular formula is C11H21N3O2. The third-order valence-corrected chi connectivity index (χ3v) is 3.65. The molecule has 0 unspecified atom stereocenters. The van der Waals surface area contributed by atoms with Crippen LogP contribution < -0.4 is 10.6 Å². The Kier molecular flexibility index (Phi) is 3.66. The van der Waals surface area contributed by atoms with Crippen LogP contribution in [0.25, 0.3) is 0 Å². The van der Waals surface area contributed by atoms with Gasteiger partial charge in [-0.3, -0.25) is 0 Å². The molecule has 5 nitrogen and oxygen atoms in total. The minimum absolute atomic E-state index is 0.0619. The lowest BCUT2D eigenvalue weighted by molar-refractivity contribution is -0.0692. The molecule has 92 valence electrons. The predicted octanol–water partition coefficient (Wildman–Crippen LogP) is 0.170. The Morgan fingerprint density at radius 2 is 2.38 bits per heavy atom. The molecule has 5 heteroatoms. The summed E-state index contributed by atoms with van der Waals surface area (Å²) in [5.41, 5.74) is 0.0767. The number of carbonyl (C=O) groups is 1. The van der Waals surface area contributed by atoms with Crippen molar-refractivity contribution in [2.45, 2.75) is 24.9 Å². The molecule has 16 heavy (non-hydrogen) atoms. The van der Waals surface area contributed by atoms with Crippen molar-refractivity contribution in [3.63, 3.8) is 0 Å². The van der Waals surface area contributed by atoms with Gasteiger partial charge in [0.05, 0.1) is 5.60 Å². The summed E-state index contributed by atoms with van der Waals surface area (Å²) in [7, 11) is 1.79. The molecule has 2 fully saturated rings. The maximum absolute atomic E-state index is 11.3. The zero-order chi connectivity index (χ0) is 11.4. The van der Waals surface area contributed by atoms with Gasteiger partial charge in [-0.15, -0.1) is 0 Å². The standard InChI is InChI=1S/C11H21N3O2/c1-16-11(3-2-4-11)9-12-5-7-14-8-6-13-10(14)15/h12H,2-9H2,1H3,(H,13,15). The van der Waals surface area contributed by atoms with Crippen LogP contribution >= 0.6 is 0 Å². The molecule has 0 aromatic rings. The Morgan fingerprint density at radius 1 is 1.56 bits per heavy atom. The zero-order valence-electron chi connectivity index (χ0n) is 9.92. The highest BCUT2D eigenvalue weighted by atomic mass is 16.5. The van der Waals surface area contributed by atoms with Crippen LogP contribution in [0.3, 0.4) is 0 Å². The van der Waals surface area contributed by atoms with Gasteiger partial charge in [0.1, 0.15) is 0 Å². The van der Waals surface area contributed by atoms with Crippen LogP contribution in [0.15, 0.2) is 0 Å². The summed E-state index contributed by atoms with van der Waals surface area (Å²) in [5.74, 6) is 0. The van der Waals surface area contributed by atoms with Crippen molar-refractivity contribution in [1.29, 1.82) is 0 Å². The quantitative estimate of drug-likeness (QED) is 0.636. The highest BCUT2D eigenvalue weighted by Gasteiger charge is 2.36. The second-order valence-electron chi connectivity index (χ2n) is 4.64. The Bertz CT molecular complexity index is 248. The summed E-state index contributed by atoms with van der Waals surface area (Å²) in [6.45, 7) is 4.14. The van der Waals surface area contributed by atoms with Gasteiger partial charge in [-0.2, -0.15) is 0 Å². The highest BCUT2D eigenvalue weighted by Crippen LogP contribution is 2.34. The van der Waals surface area contributed by atoms with Gasteiger partial charge in [0.15, 0.2) is 0 Å². The molecular weight excluding hydrogens is 206 g/mol. The topological polar surface area (TPSA) is 53.6 Å². The van der Waals surface area contributed by atoms with Gasteiger partial charge >= 0.3 is 6.03 Å². The molecule has 0 atom stereocenters. The number of urea groups is 1. The molecule has 0 spiro atoms. The number of nitrogens with zero attached hydrogens (tertiary/aromatic N) is 1. The Morgan fingerprint density at radius 3 is 2.88 bits per heavy atom. The van der Waals surface area contributed by atoms with E-state index in [0.717, 1.165) is 45.6 Å². The van der Waals surface area contributed by atoms with Crippen LogP contribution in [-0.2, 0) is 4.74 Å². The van der Waals surface area contributed by atoms with E-state index in [1.54, 1.807) is 7.11 Å². The minimum atomic E-state index is 0.0619. The summed E-state index contributed by atoms with van der Waals surface area (Å²) in [5, 5.41) is 6.17. The number of rotatable bonds is 6. The number of methoxy groups -OCH3 is 1. The molecule has 2 rings (SSSR count). The van der Waals surface area contributed by atoms with Gasteiger partial charge in [-0.05, 0) is 19.3 Å². The molecule has 1 heterocycles. The summed E-state index contributed by atoms with van der Waals surface area (Å²) >= 11 is 0. The molecule has 0 bridgehead atoms. The number of hydrogen-bond acceptors (Lipinski definition) is 3. The molecule has 2 amide bonds. The van der Waals surface area contributed by atoms with Crippen molar-refractivity contribution in [3.05, 3.63) is 0 Å². The van der Waals surface area contributed by atoms with Crippen molar-refractivity contribution in [1.82, 2.24) is 15.5 Å². The first-order valence-corrected chi connectivity index (χ1v) is 6.04. The lowest BCUT2D eigenvalue weighted by atomic mass is 9.80. The first-order chi connectivity index (χ1) is 7.76. The first kappa shape index (κ1) is 11.7. The molecule has 2 aliphatic rings. The van der Waals surface area contributed by atoms with Gasteiger partial charge in [0.25, 0.3) is 0 Å². The van der Waals surface area contributed by atoms with Crippen molar-refractivity contribution < 1.29 is 9.53 Å². The highest BCUT2D eigenvalue weighted by molar-refractivity contribution is 5.76. The lowest BCUT2D eigenvalue weighted by Crippen LogP contribution is -2.49. The third-order valence-electron chi connectivity index (χ3n) is 3.65. The fourth-order valence-corrected chi connectivity index (χ4v) is 2.28. The fourth-order valence-electron chi connectivity index (χ4n) is 2.28. The van der Waals surface area contributed by atoms with Crippen LogP contribution in [0, 0.1) is 0 Å². The van der Waals surface area contributed by atoms with E-state index in [1.165, 1.54) is 6.42 Å². The van der Waals surface area contributed by atoms with Gasteiger partial charge < -0.3 is 20.3 Å². The van der Waals surface area contributed by atoms with E-state index in [9.17, 15) is 4.79 Å². The molecule has 1 aliphatic heterocycles. The smallest absolute Gasteiger partial charge is 0.317 e. The zero-order valence-corrected chi connectivity index (χ0v) is 9.92.